The molecule has 0 aliphatic heterocycles. The van der Waals surface area contributed by atoms with Gasteiger partial charge in [-0.25, -0.2) is 4.39 Å². The molecule has 1 atom stereocenters. The molecule has 0 aliphatic carbocycles. The third kappa shape index (κ3) is 3.78. The van der Waals surface area contributed by atoms with Crippen LogP contribution in [0.25, 0.3) is 0 Å². The summed E-state index contributed by atoms with van der Waals surface area (Å²) in [5.41, 5.74) is -0.316. The van der Waals surface area contributed by atoms with Crippen molar-refractivity contribution in [1.82, 2.24) is 10.3 Å². The summed E-state index contributed by atoms with van der Waals surface area (Å²) in [6, 6.07) is 7.04. The Bertz CT molecular complexity index is 596. The lowest BCUT2D eigenvalue weighted by Gasteiger charge is -2.21. The summed E-state index contributed by atoms with van der Waals surface area (Å²) >= 11 is 0. The van der Waals surface area contributed by atoms with E-state index in [1.165, 1.54) is 0 Å². The quantitative estimate of drug-likeness (QED) is 0.870. The van der Waals surface area contributed by atoms with E-state index in [2.05, 4.69) is 10.3 Å². The first-order valence-corrected chi connectivity index (χ1v) is 6.35. The van der Waals surface area contributed by atoms with Gasteiger partial charge in [0.1, 0.15) is 5.82 Å². The molecule has 0 bridgehead atoms. The van der Waals surface area contributed by atoms with Crippen LogP contribution in [0.5, 0.6) is 0 Å². The lowest BCUT2D eigenvalue weighted by atomic mass is 9.96. The molecule has 21 heavy (non-hydrogen) atoms. The molecule has 1 unspecified atom stereocenters. The normalized spacial score (nSPS) is 13.2. The van der Waals surface area contributed by atoms with E-state index in [0.29, 0.717) is 5.69 Å². The van der Waals surface area contributed by atoms with Crippen molar-refractivity contribution < 1.29 is 17.6 Å². The Balaban J connectivity index is 2.40. The van der Waals surface area contributed by atoms with Gasteiger partial charge in [0.2, 0.25) is 0 Å². The predicted molar refractivity (Wildman–Crippen MR) is 71.1 cm³/mol. The SMILES string of the molecule is CNC(Cc1ccccn1)c1cc(F)ccc1C(F)(F)F. The summed E-state index contributed by atoms with van der Waals surface area (Å²) in [5, 5.41) is 2.80. The first-order valence-electron chi connectivity index (χ1n) is 6.35. The Morgan fingerprint density at radius 1 is 1.19 bits per heavy atom. The zero-order chi connectivity index (χ0) is 15.5. The van der Waals surface area contributed by atoms with E-state index in [1.807, 2.05) is 0 Å². The van der Waals surface area contributed by atoms with Gasteiger partial charge < -0.3 is 5.32 Å². The van der Waals surface area contributed by atoms with Crippen LogP contribution in [0.2, 0.25) is 0 Å². The molecular formula is C15H14F4N2. The Morgan fingerprint density at radius 2 is 1.95 bits per heavy atom. The highest BCUT2D eigenvalue weighted by molar-refractivity contribution is 5.34. The Kier molecular flexibility index (Phi) is 4.57. The van der Waals surface area contributed by atoms with Gasteiger partial charge in [-0.1, -0.05) is 6.07 Å². The maximum atomic E-state index is 13.4. The molecule has 0 aliphatic rings. The molecule has 1 heterocycles. The smallest absolute Gasteiger partial charge is 0.313 e. The van der Waals surface area contributed by atoms with Gasteiger partial charge in [0.05, 0.1) is 5.56 Å². The first-order chi connectivity index (χ1) is 9.91. The summed E-state index contributed by atoms with van der Waals surface area (Å²) in [4.78, 5) is 4.09. The Hall–Kier alpha value is -1.95. The van der Waals surface area contributed by atoms with Crippen molar-refractivity contribution in [3.63, 3.8) is 0 Å². The number of nitrogens with one attached hydrogen (secondary N) is 1. The van der Waals surface area contributed by atoms with Crippen molar-refractivity contribution in [2.75, 3.05) is 7.05 Å². The number of likely N-dealkylation sites (N-methyl/N-ethyl adjacent to an activating group) is 1. The van der Waals surface area contributed by atoms with Crippen LogP contribution in [0.15, 0.2) is 42.6 Å². The van der Waals surface area contributed by atoms with Gasteiger partial charge in [-0.05, 0) is 42.9 Å². The molecule has 0 saturated carbocycles. The van der Waals surface area contributed by atoms with Crippen LogP contribution in [0, 0.1) is 5.82 Å². The fourth-order valence-corrected chi connectivity index (χ4v) is 2.18. The zero-order valence-corrected chi connectivity index (χ0v) is 11.3. The Morgan fingerprint density at radius 3 is 2.52 bits per heavy atom. The van der Waals surface area contributed by atoms with E-state index >= 15 is 0 Å². The largest absolute Gasteiger partial charge is 0.416 e. The van der Waals surface area contributed by atoms with Crippen LogP contribution < -0.4 is 5.32 Å². The van der Waals surface area contributed by atoms with Gasteiger partial charge in [0.15, 0.2) is 0 Å². The molecule has 2 aromatic rings. The molecule has 0 spiro atoms. The number of hydrogen-bond acceptors (Lipinski definition) is 2. The van der Waals surface area contributed by atoms with Crippen molar-refractivity contribution in [1.29, 1.82) is 0 Å². The van der Waals surface area contributed by atoms with Gasteiger partial charge >= 0.3 is 6.18 Å². The first kappa shape index (κ1) is 15.4. The average molecular weight is 298 g/mol. The minimum absolute atomic E-state index is 0.115. The topological polar surface area (TPSA) is 24.9 Å². The van der Waals surface area contributed by atoms with E-state index < -0.39 is 23.6 Å². The molecule has 112 valence electrons. The van der Waals surface area contributed by atoms with Crippen molar-refractivity contribution in [3.8, 4) is 0 Å². The van der Waals surface area contributed by atoms with Crippen LogP contribution in [0.1, 0.15) is 22.9 Å². The minimum atomic E-state index is -4.53. The molecule has 0 radical (unpaired) electrons. The number of benzene rings is 1. The lowest BCUT2D eigenvalue weighted by molar-refractivity contribution is -0.138. The molecule has 1 aromatic carbocycles. The van der Waals surface area contributed by atoms with E-state index in [1.54, 1.807) is 31.4 Å². The monoisotopic (exact) mass is 298 g/mol. The van der Waals surface area contributed by atoms with Gasteiger partial charge in [0, 0.05) is 24.4 Å². The molecule has 1 aromatic heterocycles. The summed E-state index contributed by atoms with van der Waals surface area (Å²) in [5.74, 6) is -0.695. The lowest BCUT2D eigenvalue weighted by Crippen LogP contribution is -2.23. The number of pyridine rings is 1. The summed E-state index contributed by atoms with van der Waals surface area (Å²) < 4.78 is 52.5. The van der Waals surface area contributed by atoms with Crippen LogP contribution in [0.3, 0.4) is 0 Å². The van der Waals surface area contributed by atoms with Gasteiger partial charge in [-0.15, -0.1) is 0 Å². The third-order valence-corrected chi connectivity index (χ3v) is 3.18. The van der Waals surface area contributed by atoms with E-state index in [4.69, 9.17) is 0 Å². The van der Waals surface area contributed by atoms with E-state index in [9.17, 15) is 17.6 Å². The molecule has 2 nitrogen and oxygen atoms in total. The van der Waals surface area contributed by atoms with Gasteiger partial charge in [0.25, 0.3) is 0 Å². The maximum absolute atomic E-state index is 13.4. The van der Waals surface area contributed by atoms with Crippen LogP contribution in [-0.4, -0.2) is 12.0 Å². The second-order valence-electron chi connectivity index (χ2n) is 4.60. The summed E-state index contributed by atoms with van der Waals surface area (Å²) in [6.45, 7) is 0. The highest BCUT2D eigenvalue weighted by Gasteiger charge is 2.35. The van der Waals surface area contributed by atoms with Gasteiger partial charge in [-0.2, -0.15) is 13.2 Å². The van der Waals surface area contributed by atoms with E-state index in [-0.39, 0.29) is 12.0 Å². The number of halogens is 4. The maximum Gasteiger partial charge on any atom is 0.416 e. The fourth-order valence-electron chi connectivity index (χ4n) is 2.18. The highest BCUT2D eigenvalue weighted by Crippen LogP contribution is 2.35. The molecular weight excluding hydrogens is 284 g/mol. The standard InChI is InChI=1S/C15H14F4N2/c1-20-14(9-11-4-2-3-7-21-11)12-8-10(16)5-6-13(12)15(17,18)19/h2-8,14,20H,9H2,1H3. The molecule has 1 N–H and O–H groups in total. The molecule has 0 fully saturated rings. The van der Waals surface area contributed by atoms with Crippen molar-refractivity contribution in [2.45, 2.75) is 18.6 Å². The molecule has 2 rings (SSSR count). The van der Waals surface area contributed by atoms with Crippen LogP contribution in [-0.2, 0) is 12.6 Å². The van der Waals surface area contributed by atoms with Crippen molar-refractivity contribution in [2.24, 2.45) is 0 Å². The molecule has 6 heteroatoms. The number of nitrogens with zero attached hydrogens (tertiary/aromatic N) is 1. The predicted octanol–water partition coefficient (Wildman–Crippen LogP) is 3.74. The van der Waals surface area contributed by atoms with Gasteiger partial charge in [-0.3, -0.25) is 4.98 Å². The number of hydrogen-bond donors (Lipinski definition) is 1. The number of aromatic nitrogens is 1. The van der Waals surface area contributed by atoms with Crippen LogP contribution in [0.4, 0.5) is 17.6 Å². The number of alkyl halides is 3. The van der Waals surface area contributed by atoms with Crippen LogP contribution >= 0.6 is 0 Å². The molecule has 0 amide bonds. The Labute approximate surface area is 119 Å². The molecule has 0 saturated heterocycles. The second-order valence-corrected chi connectivity index (χ2v) is 4.60. The fraction of sp³-hybridized carbons (Fsp3) is 0.267. The zero-order valence-electron chi connectivity index (χ0n) is 11.3. The van der Waals surface area contributed by atoms with Crippen molar-refractivity contribution in [3.05, 3.63) is 65.2 Å². The summed E-state index contributed by atoms with van der Waals surface area (Å²) in [6.07, 6.45) is -2.72. The van der Waals surface area contributed by atoms with Crippen molar-refractivity contribution >= 4 is 0 Å². The average Bonchev–Trinajstić information content (AvgIpc) is 2.44. The second kappa shape index (κ2) is 6.22. The number of rotatable bonds is 4. The van der Waals surface area contributed by atoms with E-state index in [0.717, 1.165) is 18.2 Å². The summed E-state index contributed by atoms with van der Waals surface area (Å²) in [7, 11) is 1.54. The minimum Gasteiger partial charge on any atom is -0.313 e. The highest BCUT2D eigenvalue weighted by atomic mass is 19.4. The third-order valence-electron chi connectivity index (χ3n) is 3.18.